The molecule has 1 spiro atoms. The van der Waals surface area contributed by atoms with E-state index in [9.17, 15) is 4.79 Å². The predicted molar refractivity (Wildman–Crippen MR) is 107 cm³/mol. The number of piperazine rings is 1. The molecule has 1 amide bonds. The van der Waals surface area contributed by atoms with Gasteiger partial charge in [0.2, 0.25) is 0 Å². The lowest BCUT2D eigenvalue weighted by atomic mass is 9.68. The van der Waals surface area contributed by atoms with Crippen molar-refractivity contribution in [3.8, 4) is 0 Å². The lowest BCUT2D eigenvalue weighted by molar-refractivity contribution is -0.122. The fourth-order valence-corrected chi connectivity index (χ4v) is 6.05. The van der Waals surface area contributed by atoms with Crippen molar-refractivity contribution < 1.29 is 23.7 Å². The Morgan fingerprint density at radius 2 is 2.17 bits per heavy atom. The number of hydrogen-bond acceptors (Lipinski definition) is 6. The van der Waals surface area contributed by atoms with Gasteiger partial charge in [-0.3, -0.25) is 0 Å². The molecule has 0 aromatic heterocycles. The summed E-state index contributed by atoms with van der Waals surface area (Å²) in [5, 5.41) is 3.43. The van der Waals surface area contributed by atoms with Crippen LogP contribution in [0.2, 0.25) is 0 Å². The lowest BCUT2D eigenvalue weighted by Crippen LogP contribution is -2.57. The maximum Gasteiger partial charge on any atom is 0.410 e. The molecule has 4 aliphatic heterocycles. The molecule has 2 unspecified atom stereocenters. The van der Waals surface area contributed by atoms with Gasteiger partial charge in [0.05, 0.1) is 18.6 Å². The molecule has 4 heterocycles. The van der Waals surface area contributed by atoms with E-state index in [1.165, 1.54) is 5.57 Å². The maximum absolute atomic E-state index is 12.9. The summed E-state index contributed by atoms with van der Waals surface area (Å²) >= 11 is 0. The molecule has 29 heavy (non-hydrogen) atoms. The van der Waals surface area contributed by atoms with E-state index in [2.05, 4.69) is 32.2 Å². The number of ether oxygens (including phenoxy) is 4. The molecular formula is C22H34N2O5. The van der Waals surface area contributed by atoms with Crippen LogP contribution >= 0.6 is 0 Å². The molecule has 5 aliphatic rings. The van der Waals surface area contributed by atoms with Gasteiger partial charge in [-0.1, -0.05) is 11.6 Å². The number of hydrogen-bond donors (Lipinski definition) is 1. The molecule has 1 N–H and O–H groups in total. The number of amides is 1. The van der Waals surface area contributed by atoms with Gasteiger partial charge in [-0.15, -0.1) is 0 Å². The zero-order valence-corrected chi connectivity index (χ0v) is 18.0. The summed E-state index contributed by atoms with van der Waals surface area (Å²) in [6.07, 6.45) is 5.32. The second-order valence-electron chi connectivity index (χ2n) is 9.95. The Morgan fingerprint density at radius 3 is 2.76 bits per heavy atom. The maximum atomic E-state index is 12.9. The number of carbonyl (C=O) groups excluding carboxylic acids is 1. The Morgan fingerprint density at radius 1 is 1.38 bits per heavy atom. The van der Waals surface area contributed by atoms with Crippen molar-refractivity contribution in [3.63, 3.8) is 0 Å². The fourth-order valence-electron chi connectivity index (χ4n) is 6.05. The van der Waals surface area contributed by atoms with E-state index in [0.29, 0.717) is 6.04 Å². The summed E-state index contributed by atoms with van der Waals surface area (Å²) < 4.78 is 24.2. The number of rotatable bonds is 5. The standard InChI is InChI=1S/C22H34N2O5/c1-13(2)5-6-17-21(3,29-17)19-18(26-4)16(7-8-22(19)12-27-22)28-20(25)24-11-14-9-15(24)10-23-14/h5,14-19,23H,6-12H2,1-4H3/t14?,15?,16-,17-,18-,19-,21-,22+/m1/s1. The van der Waals surface area contributed by atoms with E-state index in [0.717, 1.165) is 45.4 Å². The summed E-state index contributed by atoms with van der Waals surface area (Å²) in [4.78, 5) is 14.8. The largest absolute Gasteiger partial charge is 0.443 e. The SMILES string of the molecule is CO[C@@H]1[C@H](OC(=O)N2CC3CC2CN3)CC[C@]2(CO2)[C@H]1[C@]1(C)O[C@@H]1CC=C(C)C. The number of nitrogens with zero attached hydrogens (tertiary/aromatic N) is 1. The number of fused-ring (bicyclic) bond motifs is 2. The van der Waals surface area contributed by atoms with Gasteiger partial charge in [0.25, 0.3) is 0 Å². The normalized spacial score (nSPS) is 47.4. The van der Waals surface area contributed by atoms with Crippen LogP contribution in [-0.4, -0.2) is 79.4 Å². The molecule has 162 valence electrons. The molecule has 7 heteroatoms. The highest BCUT2D eigenvalue weighted by Gasteiger charge is 2.72. The Labute approximate surface area is 173 Å². The Hall–Kier alpha value is -1.15. The molecule has 5 rings (SSSR count). The Kier molecular flexibility index (Phi) is 4.74. The third-order valence-corrected chi connectivity index (χ3v) is 7.78. The van der Waals surface area contributed by atoms with E-state index in [1.54, 1.807) is 7.11 Å². The molecule has 2 bridgehead atoms. The quantitative estimate of drug-likeness (QED) is 0.558. The number of likely N-dealkylation sites (tertiary alicyclic amines) is 1. The van der Waals surface area contributed by atoms with Gasteiger partial charge in [0.15, 0.2) is 0 Å². The molecule has 8 atom stereocenters. The molecule has 0 aromatic carbocycles. The van der Waals surface area contributed by atoms with Crippen LogP contribution in [-0.2, 0) is 18.9 Å². The van der Waals surface area contributed by atoms with E-state index >= 15 is 0 Å². The summed E-state index contributed by atoms with van der Waals surface area (Å²) in [6.45, 7) is 8.76. The minimum absolute atomic E-state index is 0.0683. The van der Waals surface area contributed by atoms with Gasteiger partial charge in [-0.2, -0.15) is 0 Å². The fraction of sp³-hybridized carbons (Fsp3) is 0.864. The highest BCUT2D eigenvalue weighted by atomic mass is 16.6. The van der Waals surface area contributed by atoms with Gasteiger partial charge < -0.3 is 29.2 Å². The third-order valence-electron chi connectivity index (χ3n) is 7.78. The monoisotopic (exact) mass is 406 g/mol. The lowest BCUT2D eigenvalue weighted by Gasteiger charge is -2.43. The van der Waals surface area contributed by atoms with E-state index in [4.69, 9.17) is 18.9 Å². The van der Waals surface area contributed by atoms with E-state index < -0.39 is 0 Å². The zero-order chi connectivity index (χ0) is 20.4. The van der Waals surface area contributed by atoms with Crippen LogP contribution in [0, 0.1) is 5.92 Å². The second-order valence-corrected chi connectivity index (χ2v) is 9.95. The number of carbonyl (C=O) groups is 1. The highest BCUT2D eigenvalue weighted by molar-refractivity contribution is 5.69. The molecule has 7 nitrogen and oxygen atoms in total. The summed E-state index contributed by atoms with van der Waals surface area (Å²) in [6, 6.07) is 0.686. The van der Waals surface area contributed by atoms with Crippen molar-refractivity contribution in [2.24, 2.45) is 5.92 Å². The van der Waals surface area contributed by atoms with Crippen LogP contribution in [0.4, 0.5) is 4.79 Å². The van der Waals surface area contributed by atoms with Gasteiger partial charge in [0, 0.05) is 32.3 Å². The number of methoxy groups -OCH3 is 1. The zero-order valence-electron chi connectivity index (χ0n) is 18.0. The molecule has 5 fully saturated rings. The third kappa shape index (κ3) is 3.30. The van der Waals surface area contributed by atoms with Crippen molar-refractivity contribution in [1.82, 2.24) is 10.2 Å². The van der Waals surface area contributed by atoms with Crippen molar-refractivity contribution in [3.05, 3.63) is 11.6 Å². The molecule has 1 aliphatic carbocycles. The summed E-state index contributed by atoms with van der Waals surface area (Å²) in [5.41, 5.74) is 0.813. The smallest absolute Gasteiger partial charge is 0.410 e. The van der Waals surface area contributed by atoms with Crippen LogP contribution in [0.15, 0.2) is 11.6 Å². The molecular weight excluding hydrogens is 372 g/mol. The summed E-state index contributed by atoms with van der Waals surface area (Å²) in [5.74, 6) is 0.0683. The van der Waals surface area contributed by atoms with Crippen LogP contribution in [0.25, 0.3) is 0 Å². The number of allylic oxidation sites excluding steroid dienone is 1. The highest BCUT2D eigenvalue weighted by Crippen LogP contribution is 2.59. The molecule has 4 saturated heterocycles. The number of nitrogens with one attached hydrogen (secondary N) is 1. The van der Waals surface area contributed by atoms with E-state index in [-0.39, 0.29) is 47.6 Å². The van der Waals surface area contributed by atoms with Crippen molar-refractivity contribution >= 4 is 6.09 Å². The van der Waals surface area contributed by atoms with Crippen LogP contribution in [0.1, 0.15) is 46.5 Å². The van der Waals surface area contributed by atoms with Gasteiger partial charge in [-0.05, 0) is 46.5 Å². The molecule has 0 radical (unpaired) electrons. The average molecular weight is 407 g/mol. The van der Waals surface area contributed by atoms with Crippen molar-refractivity contribution in [1.29, 1.82) is 0 Å². The predicted octanol–water partition coefficient (Wildman–Crippen LogP) is 2.25. The molecule has 1 saturated carbocycles. The van der Waals surface area contributed by atoms with Gasteiger partial charge in [-0.25, -0.2) is 4.79 Å². The Bertz CT molecular complexity index is 703. The van der Waals surface area contributed by atoms with Crippen LogP contribution < -0.4 is 5.32 Å². The minimum atomic E-state index is -0.301. The Balaban J connectivity index is 1.30. The van der Waals surface area contributed by atoms with Gasteiger partial charge in [0.1, 0.15) is 23.4 Å². The van der Waals surface area contributed by atoms with Crippen molar-refractivity contribution in [2.75, 3.05) is 26.8 Å². The first-order valence-corrected chi connectivity index (χ1v) is 11.0. The topological polar surface area (TPSA) is 75.9 Å². The van der Waals surface area contributed by atoms with Crippen LogP contribution in [0.5, 0.6) is 0 Å². The average Bonchev–Trinajstić information content (AvgIpc) is 3.48. The first kappa shape index (κ1) is 19.8. The number of epoxide rings is 2. The van der Waals surface area contributed by atoms with E-state index in [1.807, 2.05) is 4.90 Å². The first-order chi connectivity index (χ1) is 13.9. The minimum Gasteiger partial charge on any atom is -0.443 e. The van der Waals surface area contributed by atoms with Crippen molar-refractivity contribution in [2.45, 2.75) is 88.1 Å². The first-order valence-electron chi connectivity index (χ1n) is 11.0. The van der Waals surface area contributed by atoms with Gasteiger partial charge >= 0.3 is 6.09 Å². The molecule has 0 aromatic rings. The second kappa shape index (κ2) is 6.94. The summed E-state index contributed by atoms with van der Waals surface area (Å²) in [7, 11) is 1.72. The van der Waals surface area contributed by atoms with Crippen LogP contribution in [0.3, 0.4) is 0 Å².